The van der Waals surface area contributed by atoms with Gasteiger partial charge in [-0.05, 0) is 41.5 Å². The van der Waals surface area contributed by atoms with E-state index in [4.69, 9.17) is 4.74 Å². The molecule has 1 amide bonds. The zero-order valence-corrected chi connectivity index (χ0v) is 13.1. The number of esters is 1. The number of tetrazole rings is 1. The average molecular weight is 327 g/mol. The third kappa shape index (κ3) is 2.34. The number of hydrogen-bond donors (Lipinski definition) is 1. The number of ether oxygens (including phenoxy) is 1. The smallest absolute Gasteiger partial charge is 0.338 e. The third-order valence-corrected chi connectivity index (χ3v) is 4.83. The zero-order chi connectivity index (χ0) is 16.6. The fourth-order valence-electron chi connectivity index (χ4n) is 3.51. The van der Waals surface area contributed by atoms with Crippen molar-refractivity contribution in [1.29, 1.82) is 0 Å². The van der Waals surface area contributed by atoms with E-state index < -0.39 is 5.54 Å². The van der Waals surface area contributed by atoms with Gasteiger partial charge >= 0.3 is 5.97 Å². The molecule has 24 heavy (non-hydrogen) atoms. The molecule has 0 radical (unpaired) electrons. The van der Waals surface area contributed by atoms with E-state index in [0.717, 1.165) is 24.8 Å². The molecule has 0 unspecified atom stereocenters. The maximum atomic E-state index is 13.0. The largest absolute Gasteiger partial charge is 0.457 e. The van der Waals surface area contributed by atoms with Crippen LogP contribution in [0.3, 0.4) is 0 Å². The minimum Gasteiger partial charge on any atom is -0.457 e. The average Bonchev–Trinajstić information content (AvgIpc) is 3.26. The maximum absolute atomic E-state index is 13.0. The second-order valence-electron chi connectivity index (χ2n) is 6.25. The second-order valence-corrected chi connectivity index (χ2v) is 6.25. The lowest BCUT2D eigenvalue weighted by molar-refractivity contribution is -0.126. The van der Waals surface area contributed by atoms with Crippen LogP contribution < -0.4 is 5.32 Å². The molecule has 124 valence electrons. The summed E-state index contributed by atoms with van der Waals surface area (Å²) >= 11 is 0. The van der Waals surface area contributed by atoms with Gasteiger partial charge in [-0.15, -0.1) is 5.10 Å². The van der Waals surface area contributed by atoms with Gasteiger partial charge in [-0.25, -0.2) is 9.48 Å². The van der Waals surface area contributed by atoms with Crippen molar-refractivity contribution in [3.63, 3.8) is 0 Å². The van der Waals surface area contributed by atoms with Crippen molar-refractivity contribution in [3.8, 4) is 0 Å². The van der Waals surface area contributed by atoms with E-state index >= 15 is 0 Å². The Morgan fingerprint density at radius 1 is 1.25 bits per heavy atom. The number of cyclic esters (lactones) is 1. The first-order valence-electron chi connectivity index (χ1n) is 8.04. The number of aromatic nitrogens is 4. The summed E-state index contributed by atoms with van der Waals surface area (Å²) in [7, 11) is 0. The first kappa shape index (κ1) is 14.8. The van der Waals surface area contributed by atoms with Crippen molar-refractivity contribution in [2.75, 3.05) is 5.32 Å². The highest BCUT2D eigenvalue weighted by molar-refractivity contribution is 5.98. The van der Waals surface area contributed by atoms with Gasteiger partial charge < -0.3 is 10.1 Å². The van der Waals surface area contributed by atoms with E-state index in [2.05, 4.69) is 20.8 Å². The Balaban J connectivity index is 1.61. The van der Waals surface area contributed by atoms with Gasteiger partial charge in [0.25, 0.3) is 5.91 Å². The standard InChI is InChI=1S/C16H17N5O3/c22-14-13-5-4-12(8-11(13)9-24-14)18-15(23)16(6-2-1-3-7-16)21-10-17-19-20-21/h4-5,8,10H,1-3,6-7,9H2,(H,18,23). The van der Waals surface area contributed by atoms with Crippen LogP contribution in [0.1, 0.15) is 48.0 Å². The van der Waals surface area contributed by atoms with Gasteiger partial charge in [0.05, 0.1) is 5.56 Å². The van der Waals surface area contributed by atoms with E-state index in [1.165, 1.54) is 6.33 Å². The third-order valence-electron chi connectivity index (χ3n) is 4.83. The lowest BCUT2D eigenvalue weighted by Gasteiger charge is -2.35. The SMILES string of the molecule is O=C1OCc2cc(NC(=O)C3(n4cnnn4)CCCCC3)ccc21. The Kier molecular flexibility index (Phi) is 3.51. The molecule has 0 spiro atoms. The molecule has 8 heteroatoms. The molecular weight excluding hydrogens is 310 g/mol. The van der Waals surface area contributed by atoms with Gasteiger partial charge in [0.1, 0.15) is 18.5 Å². The van der Waals surface area contributed by atoms with Crippen molar-refractivity contribution in [2.45, 2.75) is 44.2 Å². The summed E-state index contributed by atoms with van der Waals surface area (Å²) in [5.41, 5.74) is 1.24. The summed E-state index contributed by atoms with van der Waals surface area (Å²) in [6, 6.07) is 5.19. The minimum absolute atomic E-state index is 0.125. The number of carbonyl (C=O) groups excluding carboxylic acids is 2. The summed E-state index contributed by atoms with van der Waals surface area (Å²) < 4.78 is 6.57. The Bertz CT molecular complexity index is 781. The highest BCUT2D eigenvalue weighted by Gasteiger charge is 2.42. The summed E-state index contributed by atoms with van der Waals surface area (Å²) in [5.74, 6) is -0.444. The Labute approximate surface area is 138 Å². The van der Waals surface area contributed by atoms with Crippen LogP contribution in [0.25, 0.3) is 0 Å². The van der Waals surface area contributed by atoms with E-state index in [0.29, 0.717) is 24.1 Å². The van der Waals surface area contributed by atoms with Crippen LogP contribution in [0, 0.1) is 0 Å². The van der Waals surface area contributed by atoms with E-state index in [1.54, 1.807) is 22.9 Å². The molecule has 1 N–H and O–H groups in total. The molecule has 1 aliphatic heterocycles. The molecule has 0 atom stereocenters. The van der Waals surface area contributed by atoms with Crippen LogP contribution in [-0.2, 0) is 21.7 Å². The van der Waals surface area contributed by atoms with E-state index in [1.807, 2.05) is 0 Å². The lowest BCUT2D eigenvalue weighted by Crippen LogP contribution is -2.47. The second kappa shape index (κ2) is 5.70. The summed E-state index contributed by atoms with van der Waals surface area (Å²) in [6.45, 7) is 0.246. The number of amides is 1. The van der Waals surface area contributed by atoms with Crippen LogP contribution in [0.4, 0.5) is 5.69 Å². The molecule has 1 aromatic heterocycles. The fraction of sp³-hybridized carbons (Fsp3) is 0.438. The molecule has 1 saturated carbocycles. The van der Waals surface area contributed by atoms with Crippen LogP contribution in [0.5, 0.6) is 0 Å². The Morgan fingerprint density at radius 3 is 2.83 bits per heavy atom. The van der Waals surface area contributed by atoms with E-state index in [9.17, 15) is 9.59 Å². The maximum Gasteiger partial charge on any atom is 0.338 e. The van der Waals surface area contributed by atoms with Crippen molar-refractivity contribution in [1.82, 2.24) is 20.2 Å². The first-order chi connectivity index (χ1) is 11.7. The molecular formula is C16H17N5O3. The molecule has 1 aliphatic carbocycles. The molecule has 0 saturated heterocycles. The van der Waals surface area contributed by atoms with Gasteiger partial charge in [0.15, 0.2) is 0 Å². The highest BCUT2D eigenvalue weighted by Crippen LogP contribution is 2.35. The van der Waals surface area contributed by atoms with Gasteiger partial charge in [0, 0.05) is 11.3 Å². The molecule has 8 nitrogen and oxygen atoms in total. The summed E-state index contributed by atoms with van der Waals surface area (Å²) in [5, 5.41) is 14.3. The molecule has 1 fully saturated rings. The van der Waals surface area contributed by atoms with Crippen molar-refractivity contribution >= 4 is 17.6 Å². The highest BCUT2D eigenvalue weighted by atomic mass is 16.5. The monoisotopic (exact) mass is 327 g/mol. The van der Waals surface area contributed by atoms with Gasteiger partial charge in [-0.3, -0.25) is 4.79 Å². The number of hydrogen-bond acceptors (Lipinski definition) is 6. The Hall–Kier alpha value is -2.77. The molecule has 4 rings (SSSR count). The van der Waals surface area contributed by atoms with Crippen LogP contribution in [-0.4, -0.2) is 32.1 Å². The number of fused-ring (bicyclic) bond motifs is 1. The van der Waals surface area contributed by atoms with E-state index in [-0.39, 0.29) is 18.5 Å². The van der Waals surface area contributed by atoms with Crippen molar-refractivity contribution in [3.05, 3.63) is 35.7 Å². The molecule has 2 aliphatic rings. The van der Waals surface area contributed by atoms with Gasteiger partial charge in [-0.1, -0.05) is 19.3 Å². The minimum atomic E-state index is -0.757. The van der Waals surface area contributed by atoms with Crippen LogP contribution in [0.15, 0.2) is 24.5 Å². The van der Waals surface area contributed by atoms with Gasteiger partial charge in [-0.2, -0.15) is 0 Å². The molecule has 2 heterocycles. The summed E-state index contributed by atoms with van der Waals surface area (Å²) in [6.07, 6.45) is 5.93. The number of carbonyl (C=O) groups is 2. The molecule has 2 aromatic rings. The number of benzene rings is 1. The normalized spacial score (nSPS) is 18.8. The lowest BCUT2D eigenvalue weighted by atomic mass is 9.81. The predicted octanol–water partition coefficient (Wildman–Crippen LogP) is 1.64. The number of anilines is 1. The molecule has 0 bridgehead atoms. The first-order valence-corrected chi connectivity index (χ1v) is 8.04. The Morgan fingerprint density at radius 2 is 2.08 bits per heavy atom. The number of nitrogens with one attached hydrogen (secondary N) is 1. The number of rotatable bonds is 3. The van der Waals surface area contributed by atoms with Crippen LogP contribution in [0.2, 0.25) is 0 Å². The quantitative estimate of drug-likeness (QED) is 0.861. The topological polar surface area (TPSA) is 99.0 Å². The molecule has 1 aromatic carbocycles. The zero-order valence-electron chi connectivity index (χ0n) is 13.1. The van der Waals surface area contributed by atoms with Crippen molar-refractivity contribution < 1.29 is 14.3 Å². The number of nitrogens with zero attached hydrogens (tertiary/aromatic N) is 4. The fourth-order valence-corrected chi connectivity index (χ4v) is 3.51. The van der Waals surface area contributed by atoms with Crippen molar-refractivity contribution in [2.24, 2.45) is 0 Å². The van der Waals surface area contributed by atoms with Gasteiger partial charge in [0.2, 0.25) is 0 Å². The van der Waals surface area contributed by atoms with Crippen LogP contribution >= 0.6 is 0 Å². The predicted molar refractivity (Wildman–Crippen MR) is 83.1 cm³/mol. The summed E-state index contributed by atoms with van der Waals surface area (Å²) in [4.78, 5) is 24.5.